The summed E-state index contributed by atoms with van der Waals surface area (Å²) in [4.78, 5) is 60.2. The molecule has 0 aromatic carbocycles. The van der Waals surface area contributed by atoms with Crippen LogP contribution in [0.2, 0.25) is 0 Å². The Morgan fingerprint density at radius 3 is 2.67 bits per heavy atom. The number of thiophene rings is 1. The van der Waals surface area contributed by atoms with Gasteiger partial charge in [0, 0.05) is 24.3 Å². The minimum atomic E-state index is -0.674. The van der Waals surface area contributed by atoms with E-state index in [0.29, 0.717) is 30.9 Å². The Labute approximate surface area is 215 Å². The molecule has 1 saturated carbocycles. The zero-order valence-corrected chi connectivity index (χ0v) is 21.1. The lowest BCUT2D eigenvalue weighted by atomic mass is 9.84. The first-order valence-corrected chi connectivity index (χ1v) is 13.8. The van der Waals surface area contributed by atoms with E-state index in [1.54, 1.807) is 39.7 Å². The molecular formula is C27H32N4O4S. The Kier molecular flexibility index (Phi) is 7.46. The van der Waals surface area contributed by atoms with E-state index in [1.165, 1.54) is 17.8 Å². The third kappa shape index (κ3) is 5.21. The molecule has 9 heteroatoms. The number of likely N-dealkylation sites (tertiary alicyclic amines) is 2. The van der Waals surface area contributed by atoms with Crippen molar-refractivity contribution >= 4 is 34.8 Å². The lowest BCUT2D eigenvalue weighted by molar-refractivity contribution is -0.138. The normalized spacial score (nSPS) is 22.9. The predicted octanol–water partition coefficient (Wildman–Crippen LogP) is 2.84. The first-order valence-electron chi connectivity index (χ1n) is 12.9. The first kappa shape index (κ1) is 24.6. The fraction of sp³-hybridized carbons (Fsp3) is 0.519. The largest absolute Gasteiger partial charge is 0.340 e. The number of carbonyl (C=O) groups excluding carboxylic acids is 4. The van der Waals surface area contributed by atoms with Gasteiger partial charge in [-0.15, -0.1) is 0 Å². The van der Waals surface area contributed by atoms with Crippen molar-refractivity contribution in [2.45, 2.75) is 69.5 Å². The third-order valence-corrected chi connectivity index (χ3v) is 8.47. The molecule has 8 nitrogen and oxygen atoms in total. The van der Waals surface area contributed by atoms with Crippen LogP contribution in [0, 0.1) is 5.92 Å². The van der Waals surface area contributed by atoms with E-state index in [2.05, 4.69) is 10.3 Å². The Morgan fingerprint density at radius 1 is 1.11 bits per heavy atom. The average molecular weight is 509 g/mol. The molecule has 1 N–H and O–H groups in total. The number of hydrogen-bond acceptors (Lipinski definition) is 6. The van der Waals surface area contributed by atoms with Gasteiger partial charge in [-0.2, -0.15) is 11.3 Å². The molecule has 0 bridgehead atoms. The number of Topliss-reactive ketones (excluding diaryl/α,β-unsaturated/α-hetero) is 1. The van der Waals surface area contributed by atoms with Crippen LogP contribution in [0.4, 0.5) is 0 Å². The van der Waals surface area contributed by atoms with Crippen LogP contribution in [0.5, 0.6) is 0 Å². The summed E-state index contributed by atoms with van der Waals surface area (Å²) in [5, 5.41) is 6.60. The average Bonchev–Trinajstić information content (AvgIpc) is 3.64. The van der Waals surface area contributed by atoms with Gasteiger partial charge in [0.25, 0.3) is 5.91 Å². The summed E-state index contributed by atoms with van der Waals surface area (Å²) < 4.78 is 0. The number of ketones is 1. The van der Waals surface area contributed by atoms with Crippen molar-refractivity contribution in [2.24, 2.45) is 5.92 Å². The second-order valence-electron chi connectivity index (χ2n) is 10.1. The van der Waals surface area contributed by atoms with Crippen LogP contribution in [-0.4, -0.2) is 69.5 Å². The number of pyridine rings is 1. The van der Waals surface area contributed by atoms with Gasteiger partial charge in [0.2, 0.25) is 11.8 Å². The number of fused-ring (bicyclic) bond motifs is 1. The smallest absolute Gasteiger partial charge is 0.252 e. The molecule has 190 valence electrons. The topological polar surface area (TPSA) is 99.7 Å². The van der Waals surface area contributed by atoms with Crippen molar-refractivity contribution in [3.8, 4) is 0 Å². The highest BCUT2D eigenvalue weighted by atomic mass is 32.1. The number of rotatable bonds is 7. The molecule has 2 aromatic rings. The second-order valence-corrected chi connectivity index (χ2v) is 10.9. The van der Waals surface area contributed by atoms with Crippen LogP contribution in [0.15, 0.2) is 41.4 Å². The molecule has 3 amide bonds. The van der Waals surface area contributed by atoms with Crippen LogP contribution in [0.1, 0.15) is 60.9 Å². The standard InChI is InChI=1S/C27H32N4O4S/c32-23-16-31(24(33)14-19-7-4-10-28-15-19)22-8-11-30(25(22)23)27(35)21(13-18-5-2-1-3-6-18)29-26(34)20-9-12-36-17-20/h4,7,9-10,12,15,17-18,21-22,25H,1-3,5-6,8,11,13-14,16H2,(H,29,34). The molecule has 2 aliphatic heterocycles. The van der Waals surface area contributed by atoms with E-state index in [0.717, 1.165) is 31.2 Å². The Hall–Kier alpha value is -3.07. The number of carbonyl (C=O) groups is 4. The first-order chi connectivity index (χ1) is 17.5. The molecule has 0 radical (unpaired) electrons. The number of amides is 3. The van der Waals surface area contributed by atoms with Gasteiger partial charge in [0.1, 0.15) is 12.1 Å². The van der Waals surface area contributed by atoms with E-state index in [-0.39, 0.29) is 42.5 Å². The Bertz CT molecular complexity index is 1100. The number of nitrogens with zero attached hydrogens (tertiary/aromatic N) is 3. The molecule has 2 aromatic heterocycles. The van der Waals surface area contributed by atoms with Crippen molar-refractivity contribution in [2.75, 3.05) is 13.1 Å². The van der Waals surface area contributed by atoms with Gasteiger partial charge in [-0.25, -0.2) is 0 Å². The van der Waals surface area contributed by atoms with Crippen LogP contribution in [0.25, 0.3) is 0 Å². The van der Waals surface area contributed by atoms with Crippen LogP contribution in [-0.2, 0) is 20.8 Å². The predicted molar refractivity (Wildman–Crippen MR) is 135 cm³/mol. The highest BCUT2D eigenvalue weighted by Crippen LogP contribution is 2.33. The van der Waals surface area contributed by atoms with E-state index >= 15 is 0 Å². The summed E-state index contributed by atoms with van der Waals surface area (Å²) in [5.41, 5.74) is 1.35. The molecule has 3 unspecified atom stereocenters. The zero-order chi connectivity index (χ0) is 25.1. The van der Waals surface area contributed by atoms with Gasteiger partial charge in [-0.3, -0.25) is 24.2 Å². The van der Waals surface area contributed by atoms with Crippen molar-refractivity contribution < 1.29 is 19.2 Å². The number of nitrogens with one attached hydrogen (secondary N) is 1. The minimum absolute atomic E-state index is 0.0206. The molecule has 3 fully saturated rings. The Balaban J connectivity index is 1.30. The lowest BCUT2D eigenvalue weighted by Crippen LogP contribution is -2.53. The fourth-order valence-corrected chi connectivity index (χ4v) is 6.62. The summed E-state index contributed by atoms with van der Waals surface area (Å²) in [6.07, 6.45) is 10.3. The molecule has 0 spiro atoms. The number of hydrogen-bond donors (Lipinski definition) is 1. The fourth-order valence-electron chi connectivity index (χ4n) is 5.98. The third-order valence-electron chi connectivity index (χ3n) is 7.78. The maximum Gasteiger partial charge on any atom is 0.252 e. The van der Waals surface area contributed by atoms with E-state index in [4.69, 9.17) is 0 Å². The van der Waals surface area contributed by atoms with E-state index < -0.39 is 12.1 Å². The molecule has 4 heterocycles. The highest BCUT2D eigenvalue weighted by Gasteiger charge is 2.52. The van der Waals surface area contributed by atoms with Crippen LogP contribution < -0.4 is 5.32 Å². The van der Waals surface area contributed by atoms with Gasteiger partial charge in [0.15, 0.2) is 5.78 Å². The van der Waals surface area contributed by atoms with E-state index in [1.807, 2.05) is 11.4 Å². The van der Waals surface area contributed by atoms with Gasteiger partial charge in [-0.05, 0) is 41.8 Å². The summed E-state index contributed by atoms with van der Waals surface area (Å²) in [6, 6.07) is 3.76. The summed E-state index contributed by atoms with van der Waals surface area (Å²) in [6.45, 7) is 0.429. The maximum atomic E-state index is 13.8. The quantitative estimate of drug-likeness (QED) is 0.620. The molecule has 36 heavy (non-hydrogen) atoms. The van der Waals surface area contributed by atoms with Crippen molar-refractivity contribution in [1.29, 1.82) is 0 Å². The van der Waals surface area contributed by atoms with Gasteiger partial charge >= 0.3 is 0 Å². The maximum absolute atomic E-state index is 13.8. The van der Waals surface area contributed by atoms with Gasteiger partial charge in [-0.1, -0.05) is 38.2 Å². The molecule has 3 atom stereocenters. The van der Waals surface area contributed by atoms with Crippen molar-refractivity contribution in [1.82, 2.24) is 20.1 Å². The van der Waals surface area contributed by atoms with E-state index in [9.17, 15) is 19.2 Å². The van der Waals surface area contributed by atoms with Gasteiger partial charge < -0.3 is 15.1 Å². The SMILES string of the molecule is O=C(NC(CC1CCCCC1)C(=O)N1CCC2C1C(=O)CN2C(=O)Cc1cccnc1)c1ccsc1. The molecule has 3 aliphatic rings. The summed E-state index contributed by atoms with van der Waals surface area (Å²) in [5.74, 6) is -0.307. The highest BCUT2D eigenvalue weighted by molar-refractivity contribution is 7.08. The molecule has 2 saturated heterocycles. The Morgan fingerprint density at radius 2 is 1.94 bits per heavy atom. The zero-order valence-electron chi connectivity index (χ0n) is 20.3. The second kappa shape index (κ2) is 10.9. The van der Waals surface area contributed by atoms with Gasteiger partial charge in [0.05, 0.1) is 24.6 Å². The van der Waals surface area contributed by atoms with Crippen molar-refractivity contribution in [3.63, 3.8) is 0 Å². The molecule has 5 rings (SSSR count). The monoisotopic (exact) mass is 508 g/mol. The molecular weight excluding hydrogens is 476 g/mol. The number of aromatic nitrogens is 1. The summed E-state index contributed by atoms with van der Waals surface area (Å²) >= 11 is 1.44. The lowest BCUT2D eigenvalue weighted by Gasteiger charge is -2.31. The minimum Gasteiger partial charge on any atom is -0.340 e. The molecule has 1 aliphatic carbocycles. The summed E-state index contributed by atoms with van der Waals surface area (Å²) in [7, 11) is 0. The van der Waals surface area contributed by atoms with Crippen LogP contribution >= 0.6 is 11.3 Å². The van der Waals surface area contributed by atoms with Crippen LogP contribution in [0.3, 0.4) is 0 Å². The van der Waals surface area contributed by atoms with Crippen molar-refractivity contribution in [3.05, 3.63) is 52.5 Å².